The van der Waals surface area contributed by atoms with Crippen molar-refractivity contribution in [3.8, 4) is 28.7 Å². The number of nitrogens with one attached hydrogen (secondary N) is 1. The third-order valence-electron chi connectivity index (χ3n) is 4.95. The van der Waals surface area contributed by atoms with Crippen molar-refractivity contribution < 1.29 is 9.47 Å². The Balaban J connectivity index is 1.61. The predicted octanol–water partition coefficient (Wildman–Crippen LogP) is 4.67. The van der Waals surface area contributed by atoms with Gasteiger partial charge in [-0.1, -0.05) is 37.7 Å². The average Bonchev–Trinajstić information content (AvgIpc) is 3.26. The van der Waals surface area contributed by atoms with Gasteiger partial charge in [-0.3, -0.25) is 0 Å². The number of fused-ring (bicyclic) bond motifs is 1. The maximum atomic E-state index is 5.40. The van der Waals surface area contributed by atoms with E-state index >= 15 is 0 Å². The fourth-order valence-electron chi connectivity index (χ4n) is 3.33. The molecule has 0 amide bonds. The van der Waals surface area contributed by atoms with Gasteiger partial charge in [-0.15, -0.1) is 5.54 Å². The third kappa shape index (κ3) is 5.15. The molecule has 0 aliphatic rings. The summed E-state index contributed by atoms with van der Waals surface area (Å²) in [4.78, 5) is 8.91. The van der Waals surface area contributed by atoms with E-state index in [2.05, 4.69) is 51.5 Å². The Bertz CT molecular complexity index is 1350. The van der Waals surface area contributed by atoms with Crippen molar-refractivity contribution in [1.29, 1.82) is 0 Å². The molecule has 8 heteroatoms. The van der Waals surface area contributed by atoms with Crippen molar-refractivity contribution in [2.45, 2.75) is 26.2 Å². The minimum Gasteiger partial charge on any atom is -0.493 e. The third-order valence-corrected chi connectivity index (χ3v) is 5.82. The first-order valence-corrected chi connectivity index (χ1v) is 14.1. The molecule has 0 atom stereocenters. The topological polar surface area (TPSA) is 74.1 Å². The summed E-state index contributed by atoms with van der Waals surface area (Å²) in [5, 5.41) is 8.81. The van der Waals surface area contributed by atoms with Crippen LogP contribution in [0.2, 0.25) is 19.6 Å². The monoisotopic (exact) mass is 457 g/mol. The van der Waals surface area contributed by atoms with Gasteiger partial charge in [0.15, 0.2) is 17.1 Å². The molecule has 0 aliphatic heterocycles. The summed E-state index contributed by atoms with van der Waals surface area (Å²) in [5.74, 6) is 5.41. The number of aromatic nitrogens is 4. The van der Waals surface area contributed by atoms with E-state index in [0.717, 1.165) is 33.7 Å². The van der Waals surface area contributed by atoms with Gasteiger partial charge in [0.1, 0.15) is 20.2 Å². The summed E-state index contributed by atoms with van der Waals surface area (Å²) in [7, 11) is 1.80. The van der Waals surface area contributed by atoms with E-state index in [9.17, 15) is 0 Å². The van der Waals surface area contributed by atoms with Crippen molar-refractivity contribution in [2.24, 2.45) is 0 Å². The lowest BCUT2D eigenvalue weighted by Gasteiger charge is -2.11. The van der Waals surface area contributed by atoms with Crippen LogP contribution in [0.25, 0.3) is 16.7 Å². The van der Waals surface area contributed by atoms with E-state index in [1.165, 1.54) is 0 Å². The Morgan fingerprint density at radius 3 is 2.58 bits per heavy atom. The second-order valence-electron chi connectivity index (χ2n) is 8.61. The van der Waals surface area contributed by atoms with Crippen molar-refractivity contribution in [2.75, 3.05) is 19.5 Å². The van der Waals surface area contributed by atoms with Crippen LogP contribution in [-0.4, -0.2) is 42.0 Å². The van der Waals surface area contributed by atoms with E-state index in [4.69, 9.17) is 9.47 Å². The molecule has 0 fully saturated rings. The van der Waals surface area contributed by atoms with Crippen LogP contribution in [-0.2, 0) is 6.54 Å². The molecule has 0 bridgehead atoms. The van der Waals surface area contributed by atoms with Gasteiger partial charge in [-0.2, -0.15) is 5.10 Å². The first-order chi connectivity index (χ1) is 15.9. The molecule has 1 N–H and O–H groups in total. The zero-order valence-corrected chi connectivity index (χ0v) is 20.5. The largest absolute Gasteiger partial charge is 0.493 e. The van der Waals surface area contributed by atoms with Crippen molar-refractivity contribution in [3.05, 3.63) is 66.1 Å². The quantitative estimate of drug-likeness (QED) is 0.335. The van der Waals surface area contributed by atoms with E-state index in [1.54, 1.807) is 26.7 Å². The van der Waals surface area contributed by atoms with Crippen molar-refractivity contribution in [3.63, 3.8) is 0 Å². The Morgan fingerprint density at radius 1 is 1.00 bits per heavy atom. The van der Waals surface area contributed by atoms with Crippen molar-refractivity contribution in [1.82, 2.24) is 19.7 Å². The molecule has 4 rings (SSSR count). The lowest BCUT2D eigenvalue weighted by Crippen LogP contribution is -2.16. The highest BCUT2D eigenvalue weighted by molar-refractivity contribution is 6.83. The van der Waals surface area contributed by atoms with Gasteiger partial charge >= 0.3 is 0 Å². The normalized spacial score (nSPS) is 11.1. The Labute approximate surface area is 194 Å². The van der Waals surface area contributed by atoms with Crippen LogP contribution in [0.4, 0.5) is 5.82 Å². The summed E-state index contributed by atoms with van der Waals surface area (Å²) in [6, 6.07) is 13.9. The van der Waals surface area contributed by atoms with Crippen LogP contribution in [0.3, 0.4) is 0 Å². The fourth-order valence-corrected chi connectivity index (χ4v) is 3.84. The zero-order chi connectivity index (χ0) is 23.4. The summed E-state index contributed by atoms with van der Waals surface area (Å²) in [6.45, 7) is 7.27. The molecule has 0 spiro atoms. The minimum absolute atomic E-state index is 0.569. The van der Waals surface area contributed by atoms with Crippen LogP contribution in [0.5, 0.6) is 11.5 Å². The first-order valence-electron chi connectivity index (χ1n) is 10.6. The fraction of sp³-hybridized carbons (Fsp3) is 0.240. The number of nitrogens with zero attached hydrogens (tertiary/aromatic N) is 4. The lowest BCUT2D eigenvalue weighted by atomic mass is 10.2. The number of methoxy groups -OCH3 is 2. The van der Waals surface area contributed by atoms with Crippen LogP contribution in [0.1, 0.15) is 11.1 Å². The van der Waals surface area contributed by atoms with Gasteiger partial charge < -0.3 is 14.8 Å². The van der Waals surface area contributed by atoms with Crippen LogP contribution in [0.15, 0.2) is 55.0 Å². The molecular formula is C25H27N5O2Si. The number of benzene rings is 2. The molecule has 0 saturated carbocycles. The number of rotatable bonds is 6. The molecule has 0 saturated heterocycles. The molecule has 33 heavy (non-hydrogen) atoms. The summed E-state index contributed by atoms with van der Waals surface area (Å²) in [5.41, 5.74) is 7.07. The molecule has 0 unspecified atom stereocenters. The molecule has 2 heterocycles. The molecular weight excluding hydrogens is 430 g/mol. The van der Waals surface area contributed by atoms with Crippen LogP contribution >= 0.6 is 0 Å². The van der Waals surface area contributed by atoms with Gasteiger partial charge in [-0.25, -0.2) is 14.6 Å². The van der Waals surface area contributed by atoms with Gasteiger partial charge in [-0.05, 0) is 35.9 Å². The highest BCUT2D eigenvalue weighted by Crippen LogP contribution is 2.28. The zero-order valence-electron chi connectivity index (χ0n) is 19.5. The standard InChI is InChI=1S/C25H27N5O2Si/c1-31-22-10-9-19(14-23(22)32-2)15-26-24-21-16-29-30(25(21)28-17-27-24)20-8-6-7-18(13-20)11-12-33(3,4)5/h6-10,13-14,16-17H,15H2,1-5H3,(H,26,27,28). The van der Waals surface area contributed by atoms with Crippen LogP contribution < -0.4 is 14.8 Å². The molecule has 2 aromatic carbocycles. The lowest BCUT2D eigenvalue weighted by molar-refractivity contribution is 0.354. The Morgan fingerprint density at radius 2 is 1.82 bits per heavy atom. The van der Waals surface area contributed by atoms with Gasteiger partial charge in [0.2, 0.25) is 0 Å². The number of ether oxygens (including phenoxy) is 2. The highest BCUT2D eigenvalue weighted by Gasteiger charge is 2.12. The maximum Gasteiger partial charge on any atom is 0.168 e. The molecule has 7 nitrogen and oxygen atoms in total. The number of hydrogen-bond donors (Lipinski definition) is 1. The van der Waals surface area contributed by atoms with Gasteiger partial charge in [0.25, 0.3) is 0 Å². The van der Waals surface area contributed by atoms with Gasteiger partial charge in [0, 0.05) is 12.1 Å². The van der Waals surface area contributed by atoms with E-state index in [-0.39, 0.29) is 0 Å². The molecule has 4 aromatic rings. The summed E-state index contributed by atoms with van der Waals surface area (Å²) >= 11 is 0. The first kappa shape index (κ1) is 22.4. The Kier molecular flexibility index (Phi) is 6.33. The number of anilines is 1. The number of hydrogen-bond acceptors (Lipinski definition) is 6. The molecule has 0 aliphatic carbocycles. The van der Waals surface area contributed by atoms with Crippen LogP contribution in [0, 0.1) is 11.5 Å². The smallest absolute Gasteiger partial charge is 0.168 e. The Hall–Kier alpha value is -3.83. The molecule has 0 radical (unpaired) electrons. The highest BCUT2D eigenvalue weighted by atomic mass is 28.3. The van der Waals surface area contributed by atoms with Crippen molar-refractivity contribution >= 4 is 24.9 Å². The predicted molar refractivity (Wildman–Crippen MR) is 134 cm³/mol. The van der Waals surface area contributed by atoms with Gasteiger partial charge in [0.05, 0.1) is 31.5 Å². The second-order valence-corrected chi connectivity index (χ2v) is 13.4. The van der Waals surface area contributed by atoms with E-state index < -0.39 is 8.07 Å². The van der Waals surface area contributed by atoms with E-state index in [1.807, 2.05) is 47.1 Å². The minimum atomic E-state index is -1.45. The second kappa shape index (κ2) is 9.34. The summed E-state index contributed by atoms with van der Waals surface area (Å²) < 4.78 is 12.5. The molecule has 2 aromatic heterocycles. The SMILES string of the molecule is COc1ccc(CNc2ncnc3c2cnn3-c2cccc(C#C[Si](C)(C)C)c2)cc1OC. The summed E-state index contributed by atoms with van der Waals surface area (Å²) in [6.07, 6.45) is 3.33. The maximum absolute atomic E-state index is 5.40. The molecule has 168 valence electrons. The van der Waals surface area contributed by atoms with E-state index in [0.29, 0.717) is 18.0 Å². The average molecular weight is 458 g/mol.